The lowest BCUT2D eigenvalue weighted by Gasteiger charge is -2.41. The van der Waals surface area contributed by atoms with Crippen molar-refractivity contribution in [2.24, 2.45) is 0 Å². The normalized spacial score (nSPS) is 14.9. The van der Waals surface area contributed by atoms with Crippen molar-refractivity contribution < 1.29 is 75.4 Å². The zero-order valence-electron chi connectivity index (χ0n) is 22.7. The third-order valence-electron chi connectivity index (χ3n) is 5.84. The maximum absolute atomic E-state index is 13.7. The summed E-state index contributed by atoms with van der Waals surface area (Å²) in [4.78, 5) is 11.5. The molecule has 0 aliphatic carbocycles. The smallest absolute Gasteiger partial charge is 0.459 e. The van der Waals surface area contributed by atoms with Gasteiger partial charge in [-0.2, -0.15) is 65.9 Å². The lowest BCUT2D eigenvalue weighted by molar-refractivity contribution is -0.453. The minimum Gasteiger partial charge on any atom is -0.459 e. The van der Waals surface area contributed by atoms with E-state index in [1.807, 2.05) is 43.4 Å². The number of halogens is 15. The Bertz CT molecular complexity index is 935. The fourth-order valence-corrected chi connectivity index (χ4v) is 3.22. The molecule has 0 fully saturated rings. The number of carbonyl (C=O) groups excluding carboxylic acids is 1. The van der Waals surface area contributed by atoms with Crippen LogP contribution in [0.2, 0.25) is 0 Å². The summed E-state index contributed by atoms with van der Waals surface area (Å²) < 4.78 is 201. The van der Waals surface area contributed by atoms with Crippen molar-refractivity contribution in [1.82, 2.24) is 0 Å². The zero-order valence-corrected chi connectivity index (χ0v) is 22.7. The molecule has 0 aliphatic heterocycles. The summed E-state index contributed by atoms with van der Waals surface area (Å²) in [5.41, 5.74) is 0. The number of ether oxygens (including phenoxy) is 1. The molecule has 0 atom stereocenters. The number of hydrogen-bond acceptors (Lipinski definition) is 2. The van der Waals surface area contributed by atoms with Gasteiger partial charge >= 0.3 is 47.7 Å². The highest BCUT2D eigenvalue weighted by Crippen LogP contribution is 2.62. The fourth-order valence-electron chi connectivity index (χ4n) is 3.22. The van der Waals surface area contributed by atoms with Crippen LogP contribution in [0.1, 0.15) is 71.1 Å². The van der Waals surface area contributed by atoms with E-state index in [0.29, 0.717) is 19.3 Å². The Hall–Kier alpha value is -2.36. The number of allylic oxidation sites excluding steroid dienone is 6. The first-order chi connectivity index (χ1) is 19.5. The van der Waals surface area contributed by atoms with Crippen LogP contribution < -0.4 is 0 Å². The molecule has 0 bridgehead atoms. The molecule has 43 heavy (non-hydrogen) atoms. The van der Waals surface area contributed by atoms with Crippen LogP contribution in [0.25, 0.3) is 0 Å². The second kappa shape index (κ2) is 16.1. The van der Waals surface area contributed by atoms with Gasteiger partial charge in [-0.1, -0.05) is 62.6 Å². The molecule has 0 heterocycles. The van der Waals surface area contributed by atoms with E-state index in [2.05, 4.69) is 4.74 Å². The Balaban J connectivity index is 4.81. The molecule has 0 saturated heterocycles. The number of unbranched alkanes of at least 4 members (excludes halogenated alkanes) is 5. The summed E-state index contributed by atoms with van der Waals surface area (Å²) in [6, 6.07) is 0. The lowest BCUT2D eigenvalue weighted by atomic mass is 9.91. The number of esters is 1. The van der Waals surface area contributed by atoms with Crippen LogP contribution in [0.4, 0.5) is 65.9 Å². The molecule has 0 saturated carbocycles. The molecule has 252 valence electrons. The van der Waals surface area contributed by atoms with E-state index in [0.717, 1.165) is 32.1 Å². The standard InChI is InChI=1S/C26H31F15O2/c1-2-3-4-5-6-7-8-9-10-11-12-13-14-15-16-17-19(42)43-18-20(27,28)21(29,30)22(31,32)23(33,34)24(35,36)25(37,38)26(39,40)41/h3-4,6-7,9-10H,2,5,8,11-18H2,1H3/b4-3-,7-6-,10-9-. The molecule has 0 amide bonds. The Morgan fingerprint density at radius 2 is 0.953 bits per heavy atom. The maximum Gasteiger partial charge on any atom is 0.460 e. The first kappa shape index (κ1) is 40.6. The summed E-state index contributed by atoms with van der Waals surface area (Å²) in [5.74, 6) is -48.9. The van der Waals surface area contributed by atoms with Crippen LogP contribution in [0.5, 0.6) is 0 Å². The second-order valence-electron chi connectivity index (χ2n) is 9.34. The molecular formula is C26H31F15O2. The average Bonchev–Trinajstić information content (AvgIpc) is 2.88. The largest absolute Gasteiger partial charge is 0.460 e. The Morgan fingerprint density at radius 1 is 0.535 bits per heavy atom. The molecule has 0 aliphatic rings. The Labute approximate surface area is 238 Å². The van der Waals surface area contributed by atoms with Gasteiger partial charge in [0.2, 0.25) is 0 Å². The van der Waals surface area contributed by atoms with Gasteiger partial charge in [-0.25, -0.2) is 0 Å². The van der Waals surface area contributed by atoms with Crippen molar-refractivity contribution >= 4 is 5.97 Å². The summed E-state index contributed by atoms with van der Waals surface area (Å²) in [6.07, 6.45) is 9.02. The van der Waals surface area contributed by atoms with Crippen LogP contribution >= 0.6 is 0 Å². The first-order valence-electron chi connectivity index (χ1n) is 12.9. The van der Waals surface area contributed by atoms with Crippen molar-refractivity contribution in [1.29, 1.82) is 0 Å². The molecule has 0 aromatic rings. The molecule has 0 rings (SSSR count). The molecule has 17 heteroatoms. The highest BCUT2D eigenvalue weighted by Gasteiger charge is 2.93. The quantitative estimate of drug-likeness (QED) is 0.0562. The maximum atomic E-state index is 13.7. The summed E-state index contributed by atoms with van der Waals surface area (Å²) in [5, 5.41) is 0. The highest BCUT2D eigenvalue weighted by atomic mass is 19.4. The predicted molar refractivity (Wildman–Crippen MR) is 126 cm³/mol. The van der Waals surface area contributed by atoms with E-state index in [1.165, 1.54) is 0 Å². The van der Waals surface area contributed by atoms with E-state index < -0.39 is 60.7 Å². The van der Waals surface area contributed by atoms with E-state index in [1.54, 1.807) is 0 Å². The summed E-state index contributed by atoms with van der Waals surface area (Å²) in [6.45, 7) is -1.07. The van der Waals surface area contributed by atoms with Gasteiger partial charge in [-0.3, -0.25) is 4.79 Å². The lowest BCUT2D eigenvalue weighted by Crippen LogP contribution is -2.73. The number of carbonyl (C=O) groups is 1. The van der Waals surface area contributed by atoms with E-state index >= 15 is 0 Å². The van der Waals surface area contributed by atoms with Gasteiger partial charge in [0.05, 0.1) is 0 Å². The van der Waals surface area contributed by atoms with Gasteiger partial charge in [-0.15, -0.1) is 0 Å². The third-order valence-corrected chi connectivity index (χ3v) is 5.84. The molecular weight excluding hydrogens is 629 g/mol. The predicted octanol–water partition coefficient (Wildman–Crippen LogP) is 10.5. The van der Waals surface area contributed by atoms with Gasteiger partial charge in [0.1, 0.15) is 0 Å². The number of rotatable bonds is 20. The van der Waals surface area contributed by atoms with Crippen molar-refractivity contribution in [3.8, 4) is 0 Å². The molecule has 0 aromatic heterocycles. The van der Waals surface area contributed by atoms with Crippen molar-refractivity contribution in [2.75, 3.05) is 6.61 Å². The van der Waals surface area contributed by atoms with E-state index in [-0.39, 0.29) is 6.42 Å². The zero-order chi connectivity index (χ0) is 33.8. The SMILES string of the molecule is CC/C=C\C/C=C\C/C=C\CCCCCCCC(=O)OCC(F)(F)C(F)(F)C(F)(F)C(F)(F)C(F)(F)C(F)(F)C(F)(F)F. The van der Waals surface area contributed by atoms with Crippen LogP contribution in [0.15, 0.2) is 36.5 Å². The molecule has 0 N–H and O–H groups in total. The number of hydrogen-bond donors (Lipinski definition) is 0. The highest BCUT2D eigenvalue weighted by molar-refractivity contribution is 5.69. The monoisotopic (exact) mass is 660 g/mol. The van der Waals surface area contributed by atoms with Gasteiger partial charge in [0.25, 0.3) is 0 Å². The van der Waals surface area contributed by atoms with Crippen molar-refractivity contribution in [3.05, 3.63) is 36.5 Å². The first-order valence-corrected chi connectivity index (χ1v) is 12.9. The van der Waals surface area contributed by atoms with E-state index in [9.17, 15) is 70.7 Å². The van der Waals surface area contributed by atoms with Gasteiger partial charge in [0, 0.05) is 6.42 Å². The molecule has 2 nitrogen and oxygen atoms in total. The molecule has 0 radical (unpaired) electrons. The summed E-state index contributed by atoms with van der Waals surface area (Å²) >= 11 is 0. The van der Waals surface area contributed by atoms with Gasteiger partial charge < -0.3 is 4.74 Å². The minimum absolute atomic E-state index is 0.0686. The van der Waals surface area contributed by atoms with Gasteiger partial charge in [-0.05, 0) is 38.5 Å². The Kier molecular flexibility index (Phi) is 15.2. The molecule has 0 spiro atoms. The van der Waals surface area contributed by atoms with Crippen molar-refractivity contribution in [3.63, 3.8) is 0 Å². The van der Waals surface area contributed by atoms with Crippen LogP contribution in [0, 0.1) is 0 Å². The average molecular weight is 661 g/mol. The molecule has 0 unspecified atom stereocenters. The van der Waals surface area contributed by atoms with Crippen LogP contribution in [-0.4, -0.2) is 54.3 Å². The van der Waals surface area contributed by atoms with Crippen LogP contribution in [-0.2, 0) is 9.53 Å². The van der Waals surface area contributed by atoms with Crippen LogP contribution in [0.3, 0.4) is 0 Å². The topological polar surface area (TPSA) is 26.3 Å². The summed E-state index contributed by atoms with van der Waals surface area (Å²) in [7, 11) is 0. The molecule has 0 aromatic carbocycles. The second-order valence-corrected chi connectivity index (χ2v) is 9.34. The number of alkyl halides is 15. The van der Waals surface area contributed by atoms with Crippen molar-refractivity contribution in [2.45, 2.75) is 113 Å². The fraction of sp³-hybridized carbons (Fsp3) is 0.731. The third kappa shape index (κ3) is 10.1. The van der Waals surface area contributed by atoms with Gasteiger partial charge in [0.15, 0.2) is 6.61 Å². The minimum atomic E-state index is -8.37. The van der Waals surface area contributed by atoms with E-state index in [4.69, 9.17) is 0 Å². The Morgan fingerprint density at radius 3 is 1.47 bits per heavy atom.